The molecule has 10 heteroatoms. The van der Waals surface area contributed by atoms with Gasteiger partial charge in [0.25, 0.3) is 5.91 Å². The van der Waals surface area contributed by atoms with Crippen LogP contribution in [-0.4, -0.2) is 57.1 Å². The van der Waals surface area contributed by atoms with Crippen LogP contribution in [-0.2, 0) is 24.8 Å². The highest BCUT2D eigenvalue weighted by Crippen LogP contribution is 2.27. The van der Waals surface area contributed by atoms with Gasteiger partial charge in [0.05, 0.1) is 12.7 Å². The number of aliphatic carboxylic acids is 1. The molecule has 2 N–H and O–H groups in total. The van der Waals surface area contributed by atoms with Gasteiger partial charge in [-0.25, -0.2) is 9.78 Å². The van der Waals surface area contributed by atoms with Crippen LogP contribution in [0, 0.1) is 5.92 Å². The predicted molar refractivity (Wildman–Crippen MR) is 139 cm³/mol. The summed E-state index contributed by atoms with van der Waals surface area (Å²) in [5.41, 5.74) is 2.91. The summed E-state index contributed by atoms with van der Waals surface area (Å²) in [5, 5.41) is 12.4. The fourth-order valence-corrected chi connectivity index (χ4v) is 4.67. The second kappa shape index (κ2) is 11.4. The molecule has 1 fully saturated rings. The number of carbonyl (C=O) groups excluding carboxylic acids is 2. The quantitative estimate of drug-likeness (QED) is 0.420. The smallest absolute Gasteiger partial charge is 0.324 e. The van der Waals surface area contributed by atoms with Crippen LogP contribution in [0.25, 0.3) is 0 Å². The fraction of sp³-hybridized carbons (Fsp3) is 0.308. The van der Waals surface area contributed by atoms with Crippen LogP contribution in [0.1, 0.15) is 28.0 Å². The van der Waals surface area contributed by atoms with Gasteiger partial charge in [-0.15, -0.1) is 0 Å². The summed E-state index contributed by atoms with van der Waals surface area (Å²) in [4.78, 5) is 45.2. The molecule has 1 unspecified atom stereocenters. The number of nitrogens with one attached hydrogen (secondary N) is 1. The lowest BCUT2D eigenvalue weighted by molar-refractivity contribution is -0.138. The molecule has 1 saturated heterocycles. The average Bonchev–Trinajstić information content (AvgIpc) is 3.26. The second-order valence-corrected chi connectivity index (χ2v) is 9.79. The molecule has 3 amide bonds. The van der Waals surface area contributed by atoms with E-state index in [-0.39, 0.29) is 30.8 Å². The van der Waals surface area contributed by atoms with Crippen LogP contribution in [0.4, 0.5) is 10.5 Å². The Morgan fingerprint density at radius 1 is 1.14 bits per heavy atom. The third-order valence-corrected chi connectivity index (χ3v) is 6.76. The topological polar surface area (TPSA) is 108 Å². The number of aromatic nitrogens is 2. The van der Waals surface area contributed by atoms with Crippen molar-refractivity contribution in [1.29, 1.82) is 0 Å². The van der Waals surface area contributed by atoms with Gasteiger partial charge in [-0.2, -0.15) is 0 Å². The summed E-state index contributed by atoms with van der Waals surface area (Å²) < 4.78 is 2.80. The average molecular weight is 554 g/mol. The molecule has 0 bridgehead atoms. The molecule has 1 aliphatic rings. The number of urea groups is 1. The van der Waals surface area contributed by atoms with Gasteiger partial charge in [0.1, 0.15) is 0 Å². The first-order valence-electron chi connectivity index (χ1n) is 11.7. The van der Waals surface area contributed by atoms with Crippen molar-refractivity contribution in [2.24, 2.45) is 13.0 Å². The van der Waals surface area contributed by atoms with E-state index in [4.69, 9.17) is 0 Å². The molecule has 4 rings (SSSR count). The zero-order chi connectivity index (χ0) is 25.7. The van der Waals surface area contributed by atoms with E-state index < -0.39 is 5.97 Å². The Kier molecular flexibility index (Phi) is 8.04. The number of carboxylic acids is 1. The summed E-state index contributed by atoms with van der Waals surface area (Å²) in [7, 11) is 1.91. The Balaban J connectivity index is 1.50. The normalized spacial score (nSPS) is 15.7. The minimum atomic E-state index is -0.904. The molecule has 0 saturated carbocycles. The van der Waals surface area contributed by atoms with Crippen molar-refractivity contribution in [2.45, 2.75) is 19.4 Å². The van der Waals surface area contributed by atoms with E-state index in [1.54, 1.807) is 34.5 Å². The standard InChI is InChI=1S/C26H28BrN5O4/c1-30-17-28-13-22(30)10-11-29-25(35)23-5-3-2-4-19(23)16-31-14-18(12-24(33)34)15-32(26(31)36)21-8-6-20(27)7-9-21/h2-9,13,17-18H,10-12,14-16H2,1H3,(H,29,35)(H,33,34). The molecule has 1 aromatic heterocycles. The van der Waals surface area contributed by atoms with Crippen LogP contribution in [0.3, 0.4) is 0 Å². The minimum absolute atomic E-state index is 0.0487. The van der Waals surface area contributed by atoms with Gasteiger partial charge in [0.15, 0.2) is 0 Å². The SMILES string of the molecule is Cn1cncc1CCNC(=O)c1ccccc1CN1CC(CC(=O)O)CN(c2ccc(Br)cc2)C1=O. The number of carbonyl (C=O) groups is 3. The second-order valence-electron chi connectivity index (χ2n) is 8.87. The van der Waals surface area contributed by atoms with E-state index >= 15 is 0 Å². The zero-order valence-corrected chi connectivity index (χ0v) is 21.5. The number of imidazole rings is 1. The van der Waals surface area contributed by atoms with Crippen molar-refractivity contribution in [2.75, 3.05) is 24.5 Å². The first-order chi connectivity index (χ1) is 17.3. The molecule has 36 heavy (non-hydrogen) atoms. The van der Waals surface area contributed by atoms with Gasteiger partial charge >= 0.3 is 12.0 Å². The van der Waals surface area contributed by atoms with Gasteiger partial charge in [0, 0.05) is 73.2 Å². The Labute approximate surface area is 217 Å². The number of hydrogen-bond acceptors (Lipinski definition) is 4. The molecule has 1 aliphatic heterocycles. The zero-order valence-electron chi connectivity index (χ0n) is 19.9. The van der Waals surface area contributed by atoms with Gasteiger partial charge in [-0.05, 0) is 35.9 Å². The third-order valence-electron chi connectivity index (χ3n) is 6.23. The van der Waals surface area contributed by atoms with Crippen molar-refractivity contribution in [3.63, 3.8) is 0 Å². The Morgan fingerprint density at radius 2 is 1.89 bits per heavy atom. The third kappa shape index (κ3) is 6.12. The number of carboxylic acid groups (broad SMARTS) is 1. The van der Waals surface area contributed by atoms with Crippen molar-refractivity contribution in [3.05, 3.63) is 82.3 Å². The van der Waals surface area contributed by atoms with Gasteiger partial charge in [-0.1, -0.05) is 34.1 Å². The monoisotopic (exact) mass is 553 g/mol. The largest absolute Gasteiger partial charge is 0.481 e. The summed E-state index contributed by atoms with van der Waals surface area (Å²) in [5.74, 6) is -1.37. The number of nitrogens with zero attached hydrogens (tertiary/aromatic N) is 4. The highest BCUT2D eigenvalue weighted by Gasteiger charge is 2.34. The lowest BCUT2D eigenvalue weighted by Gasteiger charge is -2.40. The van der Waals surface area contributed by atoms with Crippen LogP contribution in [0.5, 0.6) is 0 Å². The number of hydrogen-bond donors (Lipinski definition) is 2. The van der Waals surface area contributed by atoms with E-state index in [2.05, 4.69) is 26.2 Å². The Hall–Kier alpha value is -3.66. The van der Waals surface area contributed by atoms with E-state index in [1.165, 1.54) is 0 Å². The predicted octanol–water partition coefficient (Wildman–Crippen LogP) is 3.69. The summed E-state index contributed by atoms with van der Waals surface area (Å²) in [6, 6.07) is 14.3. The maximum Gasteiger partial charge on any atom is 0.324 e. The maximum atomic E-state index is 13.4. The van der Waals surface area contributed by atoms with Crippen molar-refractivity contribution in [1.82, 2.24) is 19.8 Å². The highest BCUT2D eigenvalue weighted by molar-refractivity contribution is 9.10. The lowest BCUT2D eigenvalue weighted by Crippen LogP contribution is -2.53. The highest BCUT2D eigenvalue weighted by atomic mass is 79.9. The molecule has 2 aromatic carbocycles. The molecular formula is C26H28BrN5O4. The number of amides is 3. The van der Waals surface area contributed by atoms with Crippen LogP contribution >= 0.6 is 15.9 Å². The lowest BCUT2D eigenvalue weighted by atomic mass is 9.99. The van der Waals surface area contributed by atoms with Gasteiger partial charge in [0.2, 0.25) is 0 Å². The maximum absolute atomic E-state index is 13.4. The number of anilines is 1. The van der Waals surface area contributed by atoms with E-state index in [0.717, 1.165) is 10.2 Å². The summed E-state index contributed by atoms with van der Waals surface area (Å²) in [6.45, 7) is 1.27. The summed E-state index contributed by atoms with van der Waals surface area (Å²) >= 11 is 3.41. The van der Waals surface area contributed by atoms with Crippen molar-refractivity contribution in [3.8, 4) is 0 Å². The van der Waals surface area contributed by atoms with E-state index in [0.29, 0.717) is 42.9 Å². The van der Waals surface area contributed by atoms with Crippen LogP contribution < -0.4 is 10.2 Å². The van der Waals surface area contributed by atoms with E-state index in [1.807, 2.05) is 48.0 Å². The van der Waals surface area contributed by atoms with Gasteiger partial charge < -0.3 is 19.9 Å². The molecular weight excluding hydrogens is 526 g/mol. The number of benzene rings is 2. The molecule has 3 aromatic rings. The first-order valence-corrected chi connectivity index (χ1v) is 12.5. The number of halogens is 1. The number of rotatable bonds is 9. The Morgan fingerprint density at radius 3 is 2.58 bits per heavy atom. The first kappa shape index (κ1) is 25.4. The molecule has 0 aliphatic carbocycles. The van der Waals surface area contributed by atoms with Crippen molar-refractivity contribution >= 4 is 39.5 Å². The Bertz CT molecular complexity index is 1240. The molecule has 9 nitrogen and oxygen atoms in total. The molecule has 2 heterocycles. The molecule has 188 valence electrons. The summed E-state index contributed by atoms with van der Waals surface area (Å²) in [6.07, 6.45) is 4.09. The number of aryl methyl sites for hydroxylation is 1. The molecule has 0 radical (unpaired) electrons. The van der Waals surface area contributed by atoms with E-state index in [9.17, 15) is 19.5 Å². The van der Waals surface area contributed by atoms with Crippen LogP contribution in [0.2, 0.25) is 0 Å². The van der Waals surface area contributed by atoms with Gasteiger partial charge in [-0.3, -0.25) is 14.5 Å². The molecule has 0 spiro atoms. The molecule has 1 atom stereocenters. The minimum Gasteiger partial charge on any atom is -0.481 e. The fourth-order valence-electron chi connectivity index (χ4n) is 4.41. The van der Waals surface area contributed by atoms with Crippen LogP contribution in [0.15, 0.2) is 65.5 Å². The van der Waals surface area contributed by atoms with Crippen molar-refractivity contribution < 1.29 is 19.5 Å².